The van der Waals surface area contributed by atoms with Crippen molar-refractivity contribution in [3.05, 3.63) is 23.8 Å². The molecule has 1 unspecified atom stereocenters. The van der Waals surface area contributed by atoms with Gasteiger partial charge >= 0.3 is 0 Å². The first-order valence-electron chi connectivity index (χ1n) is 6.37. The standard InChI is InChI=1S/C13H19N3O2/c1-8(2)11(17)7-15-13(18)10-5-6-14-12(16-10)9-3-4-9/h5-6,8-9,11,17H,3-4,7H2,1-2H3,(H,15,18). The van der Waals surface area contributed by atoms with Crippen LogP contribution in [-0.2, 0) is 0 Å². The molecule has 2 N–H and O–H groups in total. The first-order chi connectivity index (χ1) is 8.58. The molecule has 5 heteroatoms. The summed E-state index contributed by atoms with van der Waals surface area (Å²) >= 11 is 0. The summed E-state index contributed by atoms with van der Waals surface area (Å²) < 4.78 is 0. The second-order valence-electron chi connectivity index (χ2n) is 5.10. The van der Waals surface area contributed by atoms with Crippen LogP contribution in [0.5, 0.6) is 0 Å². The lowest BCUT2D eigenvalue weighted by Crippen LogP contribution is -2.35. The van der Waals surface area contributed by atoms with E-state index in [-0.39, 0.29) is 18.4 Å². The third-order valence-corrected chi connectivity index (χ3v) is 3.09. The lowest BCUT2D eigenvalue weighted by atomic mass is 10.1. The lowest BCUT2D eigenvalue weighted by Gasteiger charge is -2.14. The number of hydrogen-bond donors (Lipinski definition) is 2. The molecule has 0 spiro atoms. The van der Waals surface area contributed by atoms with Gasteiger partial charge in [-0.3, -0.25) is 4.79 Å². The van der Waals surface area contributed by atoms with Gasteiger partial charge in [-0.15, -0.1) is 0 Å². The fourth-order valence-corrected chi connectivity index (χ4v) is 1.56. The molecule has 1 aromatic rings. The number of carbonyl (C=O) groups excluding carboxylic acids is 1. The van der Waals surface area contributed by atoms with Gasteiger partial charge in [0.25, 0.3) is 5.91 Å². The summed E-state index contributed by atoms with van der Waals surface area (Å²) in [7, 11) is 0. The molecule has 2 rings (SSSR count). The fraction of sp³-hybridized carbons (Fsp3) is 0.615. The Bertz CT molecular complexity index is 430. The molecule has 1 heterocycles. The number of aromatic nitrogens is 2. The van der Waals surface area contributed by atoms with Gasteiger partial charge in [0.15, 0.2) is 0 Å². The van der Waals surface area contributed by atoms with Crippen LogP contribution in [0.4, 0.5) is 0 Å². The molecule has 0 aromatic carbocycles. The Labute approximate surface area is 107 Å². The highest BCUT2D eigenvalue weighted by molar-refractivity contribution is 5.92. The van der Waals surface area contributed by atoms with Crippen molar-refractivity contribution in [3.8, 4) is 0 Å². The van der Waals surface area contributed by atoms with Crippen molar-refractivity contribution in [3.63, 3.8) is 0 Å². The van der Waals surface area contributed by atoms with Gasteiger partial charge in [0.1, 0.15) is 11.5 Å². The van der Waals surface area contributed by atoms with E-state index in [2.05, 4.69) is 15.3 Å². The Balaban J connectivity index is 1.94. The number of rotatable bonds is 5. The molecule has 0 aliphatic heterocycles. The van der Waals surface area contributed by atoms with Gasteiger partial charge in [-0.2, -0.15) is 0 Å². The highest BCUT2D eigenvalue weighted by atomic mass is 16.3. The second-order valence-corrected chi connectivity index (χ2v) is 5.10. The number of carbonyl (C=O) groups is 1. The van der Waals surface area contributed by atoms with Crippen LogP contribution in [0.2, 0.25) is 0 Å². The summed E-state index contributed by atoms with van der Waals surface area (Å²) in [5.41, 5.74) is 0.378. The van der Waals surface area contributed by atoms with Gasteiger partial charge in [-0.05, 0) is 24.8 Å². The summed E-state index contributed by atoms with van der Waals surface area (Å²) in [6, 6.07) is 1.60. The van der Waals surface area contributed by atoms with Crippen molar-refractivity contribution >= 4 is 5.91 Å². The molecule has 1 fully saturated rings. The van der Waals surface area contributed by atoms with E-state index in [0.717, 1.165) is 18.7 Å². The van der Waals surface area contributed by atoms with E-state index >= 15 is 0 Å². The summed E-state index contributed by atoms with van der Waals surface area (Å²) in [5.74, 6) is 1.06. The van der Waals surface area contributed by atoms with Crippen LogP contribution < -0.4 is 5.32 Å². The van der Waals surface area contributed by atoms with Crippen molar-refractivity contribution in [2.75, 3.05) is 6.54 Å². The number of aliphatic hydroxyl groups excluding tert-OH is 1. The van der Waals surface area contributed by atoms with Crippen molar-refractivity contribution in [2.45, 2.75) is 38.7 Å². The van der Waals surface area contributed by atoms with Crippen LogP contribution >= 0.6 is 0 Å². The second kappa shape index (κ2) is 5.44. The Morgan fingerprint density at radius 1 is 1.56 bits per heavy atom. The summed E-state index contributed by atoms with van der Waals surface area (Å²) in [6.45, 7) is 4.07. The fourth-order valence-electron chi connectivity index (χ4n) is 1.56. The van der Waals surface area contributed by atoms with Gasteiger partial charge in [0.05, 0.1) is 6.10 Å². The molecule has 98 valence electrons. The van der Waals surface area contributed by atoms with E-state index in [0.29, 0.717) is 11.6 Å². The molecular formula is C13H19N3O2. The Morgan fingerprint density at radius 2 is 2.28 bits per heavy atom. The van der Waals surface area contributed by atoms with Gasteiger partial charge in [0.2, 0.25) is 0 Å². The zero-order valence-corrected chi connectivity index (χ0v) is 10.8. The number of aliphatic hydroxyl groups is 1. The third-order valence-electron chi connectivity index (χ3n) is 3.09. The zero-order chi connectivity index (χ0) is 13.1. The van der Waals surface area contributed by atoms with Crippen LogP contribution in [0, 0.1) is 5.92 Å². The van der Waals surface area contributed by atoms with E-state index < -0.39 is 6.10 Å². The largest absolute Gasteiger partial charge is 0.391 e. The lowest BCUT2D eigenvalue weighted by molar-refractivity contribution is 0.0866. The quantitative estimate of drug-likeness (QED) is 0.819. The molecule has 1 atom stereocenters. The number of amides is 1. The molecule has 0 saturated heterocycles. The van der Waals surface area contributed by atoms with Crippen molar-refractivity contribution in [2.24, 2.45) is 5.92 Å². The summed E-state index contributed by atoms with van der Waals surface area (Å²) in [5, 5.41) is 12.3. The minimum atomic E-state index is -0.529. The Hall–Kier alpha value is -1.49. The molecule has 1 aliphatic rings. The third kappa shape index (κ3) is 3.26. The predicted molar refractivity (Wildman–Crippen MR) is 67.2 cm³/mol. The number of nitrogens with zero attached hydrogens (tertiary/aromatic N) is 2. The molecule has 0 bridgehead atoms. The maximum Gasteiger partial charge on any atom is 0.270 e. The average Bonchev–Trinajstić information content (AvgIpc) is 3.19. The monoisotopic (exact) mass is 249 g/mol. The van der Waals surface area contributed by atoms with Gasteiger partial charge < -0.3 is 10.4 Å². The van der Waals surface area contributed by atoms with E-state index in [1.807, 2.05) is 13.8 Å². The zero-order valence-electron chi connectivity index (χ0n) is 10.8. The number of nitrogens with one attached hydrogen (secondary N) is 1. The van der Waals surface area contributed by atoms with E-state index in [1.165, 1.54) is 0 Å². The van der Waals surface area contributed by atoms with Crippen molar-refractivity contribution in [1.29, 1.82) is 0 Å². The average molecular weight is 249 g/mol. The van der Waals surface area contributed by atoms with Gasteiger partial charge in [-0.1, -0.05) is 13.8 Å². The first kappa shape index (κ1) is 13.0. The molecule has 5 nitrogen and oxygen atoms in total. The van der Waals surface area contributed by atoms with Gasteiger partial charge in [0, 0.05) is 18.7 Å². The van der Waals surface area contributed by atoms with Crippen molar-refractivity contribution in [1.82, 2.24) is 15.3 Å². The molecule has 0 radical (unpaired) electrons. The molecule has 1 aromatic heterocycles. The predicted octanol–water partition coefficient (Wildman–Crippen LogP) is 1.10. The van der Waals surface area contributed by atoms with E-state index in [4.69, 9.17) is 0 Å². The minimum Gasteiger partial charge on any atom is -0.391 e. The Kier molecular flexibility index (Phi) is 3.91. The van der Waals surface area contributed by atoms with Crippen LogP contribution in [0.15, 0.2) is 12.3 Å². The van der Waals surface area contributed by atoms with Gasteiger partial charge in [-0.25, -0.2) is 9.97 Å². The molecule has 1 saturated carbocycles. The highest BCUT2D eigenvalue weighted by Crippen LogP contribution is 2.37. The molecular weight excluding hydrogens is 230 g/mol. The summed E-state index contributed by atoms with van der Waals surface area (Å²) in [6.07, 6.45) is 3.31. The molecule has 18 heavy (non-hydrogen) atoms. The minimum absolute atomic E-state index is 0.123. The van der Waals surface area contributed by atoms with Crippen LogP contribution in [-0.4, -0.2) is 33.6 Å². The molecule has 1 amide bonds. The SMILES string of the molecule is CC(C)C(O)CNC(=O)c1ccnc(C2CC2)n1. The van der Waals surface area contributed by atoms with Crippen molar-refractivity contribution < 1.29 is 9.90 Å². The normalized spacial score (nSPS) is 16.7. The van der Waals surface area contributed by atoms with E-state index in [9.17, 15) is 9.90 Å². The smallest absolute Gasteiger partial charge is 0.270 e. The topological polar surface area (TPSA) is 75.1 Å². The maximum atomic E-state index is 11.9. The highest BCUT2D eigenvalue weighted by Gasteiger charge is 2.27. The summed E-state index contributed by atoms with van der Waals surface area (Å²) in [4.78, 5) is 20.3. The van der Waals surface area contributed by atoms with E-state index in [1.54, 1.807) is 12.3 Å². The number of hydrogen-bond acceptors (Lipinski definition) is 4. The first-order valence-corrected chi connectivity index (χ1v) is 6.37. The Morgan fingerprint density at radius 3 is 2.89 bits per heavy atom. The van der Waals surface area contributed by atoms with Crippen LogP contribution in [0.3, 0.4) is 0 Å². The molecule has 1 aliphatic carbocycles. The van der Waals surface area contributed by atoms with Crippen LogP contribution in [0.25, 0.3) is 0 Å². The maximum absolute atomic E-state index is 11.9. The van der Waals surface area contributed by atoms with Crippen LogP contribution in [0.1, 0.15) is 48.9 Å².